The SMILES string of the molecule is C=C(C)C1CC[C@]2(C(=O)O)CC[C@]3(C)C(CCC4[C@@]5(C)CCC(OC6OCC(O)C(O)C6OC6OC(C)C(O)C(O)C6O)[C@@](C)(CO)C5CC[C@]43C)C12. The summed E-state index contributed by atoms with van der Waals surface area (Å²) in [6.45, 7) is 17.1. The van der Waals surface area contributed by atoms with Crippen LogP contribution in [0.5, 0.6) is 0 Å². The van der Waals surface area contributed by atoms with Crippen molar-refractivity contribution in [3.63, 3.8) is 0 Å². The van der Waals surface area contributed by atoms with E-state index < -0.39 is 78.2 Å². The fraction of sp³-hybridized carbons (Fsp3) is 0.927. The van der Waals surface area contributed by atoms with Crippen molar-refractivity contribution < 1.29 is 59.5 Å². The molecule has 53 heavy (non-hydrogen) atoms. The van der Waals surface area contributed by atoms with Crippen LogP contribution in [0.1, 0.15) is 106 Å². The zero-order valence-corrected chi connectivity index (χ0v) is 32.5. The number of aliphatic hydroxyl groups excluding tert-OH is 6. The molecule has 5 aliphatic carbocycles. The van der Waals surface area contributed by atoms with Gasteiger partial charge in [-0.3, -0.25) is 4.79 Å². The number of aliphatic carboxylic acids is 1. The number of carbonyl (C=O) groups is 1. The van der Waals surface area contributed by atoms with E-state index >= 15 is 0 Å². The summed E-state index contributed by atoms with van der Waals surface area (Å²) in [5, 5.41) is 74.9. The van der Waals surface area contributed by atoms with Gasteiger partial charge in [-0.15, -0.1) is 0 Å². The molecule has 0 amide bonds. The lowest BCUT2D eigenvalue weighted by atomic mass is 9.32. The minimum absolute atomic E-state index is 0.0140. The van der Waals surface area contributed by atoms with E-state index in [4.69, 9.17) is 18.9 Å². The predicted molar refractivity (Wildman–Crippen MR) is 192 cm³/mol. The molecule has 0 aromatic rings. The highest BCUT2D eigenvalue weighted by Gasteiger charge is 2.72. The quantitative estimate of drug-likeness (QED) is 0.148. The third-order valence-electron chi connectivity index (χ3n) is 17.4. The van der Waals surface area contributed by atoms with Gasteiger partial charge < -0.3 is 54.7 Å². The second-order valence-electron chi connectivity index (χ2n) is 19.5. The molecule has 15 unspecified atom stereocenters. The van der Waals surface area contributed by atoms with Gasteiger partial charge in [-0.05, 0) is 124 Å². The van der Waals surface area contributed by atoms with Gasteiger partial charge in [0.1, 0.15) is 36.6 Å². The number of ether oxygens (including phenoxy) is 4. The van der Waals surface area contributed by atoms with E-state index in [0.717, 1.165) is 56.9 Å². The maximum absolute atomic E-state index is 13.0. The van der Waals surface area contributed by atoms with E-state index in [-0.39, 0.29) is 47.2 Å². The monoisotopic (exact) mass is 750 g/mol. The Morgan fingerprint density at radius 1 is 0.792 bits per heavy atom. The minimum Gasteiger partial charge on any atom is -0.481 e. The molecule has 12 nitrogen and oxygen atoms in total. The van der Waals surface area contributed by atoms with E-state index in [9.17, 15) is 40.5 Å². The molecule has 302 valence electrons. The van der Waals surface area contributed by atoms with Crippen LogP contribution in [0, 0.1) is 56.7 Å². The lowest BCUT2D eigenvalue weighted by Crippen LogP contribution is -2.68. The maximum atomic E-state index is 13.0. The Morgan fingerprint density at radius 2 is 1.51 bits per heavy atom. The Labute approximate surface area is 314 Å². The van der Waals surface area contributed by atoms with Gasteiger partial charge in [0.05, 0.1) is 30.8 Å². The third-order valence-corrected chi connectivity index (χ3v) is 17.4. The number of carboxylic acid groups (broad SMARTS) is 1. The van der Waals surface area contributed by atoms with Crippen molar-refractivity contribution in [1.29, 1.82) is 0 Å². The average Bonchev–Trinajstić information content (AvgIpc) is 3.52. The van der Waals surface area contributed by atoms with Crippen molar-refractivity contribution >= 4 is 5.97 Å². The van der Waals surface area contributed by atoms with Gasteiger partial charge in [0.2, 0.25) is 0 Å². The van der Waals surface area contributed by atoms with Crippen molar-refractivity contribution in [3.8, 4) is 0 Å². The molecule has 20 atom stereocenters. The molecule has 0 spiro atoms. The zero-order chi connectivity index (χ0) is 38.6. The Morgan fingerprint density at radius 3 is 2.17 bits per heavy atom. The number of allylic oxidation sites excluding steroid dienone is 1. The number of rotatable bonds is 7. The summed E-state index contributed by atoms with van der Waals surface area (Å²) in [6, 6.07) is 0. The number of aliphatic hydroxyl groups is 6. The van der Waals surface area contributed by atoms with Crippen LogP contribution in [-0.4, -0.2) is 116 Å². The van der Waals surface area contributed by atoms with Gasteiger partial charge in [-0.1, -0.05) is 39.8 Å². The van der Waals surface area contributed by atoms with Crippen LogP contribution in [0.25, 0.3) is 0 Å². The number of hydrogen-bond donors (Lipinski definition) is 7. The number of carboxylic acids is 1. The van der Waals surface area contributed by atoms with Crippen LogP contribution in [0.3, 0.4) is 0 Å². The van der Waals surface area contributed by atoms with Gasteiger partial charge in [0, 0.05) is 5.41 Å². The molecule has 0 radical (unpaired) electrons. The normalized spacial score (nSPS) is 56.7. The largest absolute Gasteiger partial charge is 0.481 e. The Bertz CT molecular complexity index is 1410. The topological polar surface area (TPSA) is 196 Å². The predicted octanol–water partition coefficient (Wildman–Crippen LogP) is 3.38. The molecule has 2 heterocycles. The smallest absolute Gasteiger partial charge is 0.309 e. The minimum atomic E-state index is -1.62. The van der Waals surface area contributed by atoms with E-state index in [0.29, 0.717) is 24.7 Å². The van der Waals surface area contributed by atoms with Gasteiger partial charge >= 0.3 is 5.97 Å². The molecule has 0 aromatic heterocycles. The van der Waals surface area contributed by atoms with Crippen molar-refractivity contribution in [2.45, 2.75) is 167 Å². The van der Waals surface area contributed by atoms with E-state index in [1.54, 1.807) is 0 Å². The Kier molecular flexibility index (Phi) is 10.4. The highest BCUT2D eigenvalue weighted by molar-refractivity contribution is 5.76. The highest BCUT2D eigenvalue weighted by atomic mass is 16.8. The molecule has 2 saturated heterocycles. The molecule has 5 saturated carbocycles. The first-order chi connectivity index (χ1) is 24.8. The summed E-state index contributed by atoms with van der Waals surface area (Å²) in [5.74, 6) is 0.490. The fourth-order valence-electron chi connectivity index (χ4n) is 14.2. The van der Waals surface area contributed by atoms with Crippen molar-refractivity contribution in [2.24, 2.45) is 56.7 Å². The Hall–Kier alpha value is -1.19. The first kappa shape index (κ1) is 40.0. The standard InChI is InChI=1S/C41H66O12/c1-20(2)22-10-15-41(36(48)49)17-16-39(6)23(28(22)41)8-9-26-37(4)13-12-27(38(5,19-42)25(37)11-14-40(26,39)7)52-35-33(30(45)24(43)18-50-35)53-34-32(47)31(46)29(44)21(3)51-34/h21-35,42-47H,1,8-19H2,2-7H3,(H,48,49)/t21?,22?,23?,24?,25?,26?,27?,28?,29?,30?,31?,32?,33?,34?,35?,37-,38-,39+,40+,41-/m0/s1. The summed E-state index contributed by atoms with van der Waals surface area (Å²) in [6.07, 6.45) is -3.90. The van der Waals surface area contributed by atoms with Gasteiger partial charge in [-0.25, -0.2) is 0 Å². The van der Waals surface area contributed by atoms with Gasteiger partial charge in [-0.2, -0.15) is 0 Å². The molecule has 7 fully saturated rings. The second-order valence-corrected chi connectivity index (χ2v) is 19.5. The van der Waals surface area contributed by atoms with Crippen molar-refractivity contribution in [3.05, 3.63) is 12.2 Å². The molecule has 7 rings (SSSR count). The van der Waals surface area contributed by atoms with Crippen LogP contribution in [0.2, 0.25) is 0 Å². The number of hydrogen-bond acceptors (Lipinski definition) is 11. The van der Waals surface area contributed by atoms with Gasteiger partial charge in [0.15, 0.2) is 12.6 Å². The van der Waals surface area contributed by atoms with Crippen LogP contribution in [0.4, 0.5) is 0 Å². The van der Waals surface area contributed by atoms with E-state index in [1.807, 2.05) is 0 Å². The first-order valence-corrected chi connectivity index (χ1v) is 20.3. The molecule has 7 N–H and O–H groups in total. The maximum Gasteiger partial charge on any atom is 0.309 e. The summed E-state index contributed by atoms with van der Waals surface area (Å²) in [7, 11) is 0. The summed E-state index contributed by atoms with van der Waals surface area (Å²) in [4.78, 5) is 13.0. The fourth-order valence-corrected chi connectivity index (χ4v) is 14.2. The van der Waals surface area contributed by atoms with E-state index in [1.165, 1.54) is 6.92 Å². The van der Waals surface area contributed by atoms with E-state index in [2.05, 4.69) is 41.2 Å². The summed E-state index contributed by atoms with van der Waals surface area (Å²) in [5.41, 5.74) is -0.394. The van der Waals surface area contributed by atoms with Crippen LogP contribution in [0.15, 0.2) is 12.2 Å². The summed E-state index contributed by atoms with van der Waals surface area (Å²) < 4.78 is 24.3. The highest BCUT2D eigenvalue weighted by Crippen LogP contribution is 2.77. The zero-order valence-electron chi connectivity index (χ0n) is 32.5. The average molecular weight is 751 g/mol. The van der Waals surface area contributed by atoms with Crippen LogP contribution in [-0.2, 0) is 23.7 Å². The molecular formula is C41H66O12. The molecular weight excluding hydrogens is 684 g/mol. The lowest BCUT2D eigenvalue weighted by Gasteiger charge is -2.73. The van der Waals surface area contributed by atoms with Crippen molar-refractivity contribution in [2.75, 3.05) is 13.2 Å². The molecule has 2 aliphatic heterocycles. The first-order valence-electron chi connectivity index (χ1n) is 20.3. The Balaban J connectivity index is 1.14. The summed E-state index contributed by atoms with van der Waals surface area (Å²) >= 11 is 0. The molecule has 12 heteroatoms. The molecule has 7 aliphatic rings. The molecule has 0 aromatic carbocycles. The van der Waals surface area contributed by atoms with Crippen molar-refractivity contribution in [1.82, 2.24) is 0 Å². The lowest BCUT2D eigenvalue weighted by molar-refractivity contribution is -0.366. The van der Waals surface area contributed by atoms with Crippen LogP contribution < -0.4 is 0 Å². The second kappa shape index (κ2) is 13.7. The molecule has 0 bridgehead atoms. The van der Waals surface area contributed by atoms with Gasteiger partial charge in [0.25, 0.3) is 0 Å². The number of fused-ring (bicyclic) bond motifs is 7. The third kappa shape index (κ3) is 5.69. The van der Waals surface area contributed by atoms with Crippen LogP contribution >= 0.6 is 0 Å².